The van der Waals surface area contributed by atoms with Gasteiger partial charge in [-0.05, 0) is 25.5 Å². The van der Waals surface area contributed by atoms with E-state index in [0.717, 1.165) is 5.39 Å². The van der Waals surface area contributed by atoms with Gasteiger partial charge < -0.3 is 5.73 Å². The number of nitrogens with zero attached hydrogens (tertiary/aromatic N) is 3. The summed E-state index contributed by atoms with van der Waals surface area (Å²) in [6.07, 6.45) is 3.78. The van der Waals surface area contributed by atoms with Crippen molar-refractivity contribution in [3.05, 3.63) is 36.7 Å². The first-order chi connectivity index (χ1) is 13.3. The SMILES string of the molecule is C[C@@H](C(=O)NC(N)=O)N1CCCN(S(=O)(=O)c2cccc3cnccc23)CC1. The Hall–Kier alpha value is -2.56. The summed E-state index contributed by atoms with van der Waals surface area (Å²) >= 11 is 0. The van der Waals surface area contributed by atoms with Crippen LogP contribution in [0, 0.1) is 0 Å². The maximum Gasteiger partial charge on any atom is 0.318 e. The molecule has 150 valence electrons. The highest BCUT2D eigenvalue weighted by Crippen LogP contribution is 2.26. The Balaban J connectivity index is 1.79. The van der Waals surface area contributed by atoms with E-state index < -0.39 is 28.0 Å². The second-order valence-electron chi connectivity index (χ2n) is 6.68. The average molecular weight is 405 g/mol. The lowest BCUT2D eigenvalue weighted by atomic mass is 10.2. The van der Waals surface area contributed by atoms with Crippen LogP contribution in [0.15, 0.2) is 41.6 Å². The Morgan fingerprint density at radius 1 is 1.18 bits per heavy atom. The zero-order valence-corrected chi connectivity index (χ0v) is 16.4. The maximum absolute atomic E-state index is 13.3. The molecular weight excluding hydrogens is 382 g/mol. The topological polar surface area (TPSA) is 126 Å². The van der Waals surface area contributed by atoms with Gasteiger partial charge in [-0.1, -0.05) is 12.1 Å². The number of carbonyl (C=O) groups is 2. The second-order valence-corrected chi connectivity index (χ2v) is 8.58. The minimum absolute atomic E-state index is 0.248. The van der Waals surface area contributed by atoms with Crippen molar-refractivity contribution in [2.45, 2.75) is 24.3 Å². The maximum atomic E-state index is 13.3. The van der Waals surface area contributed by atoms with Gasteiger partial charge in [-0.25, -0.2) is 13.2 Å². The number of sulfonamides is 1. The van der Waals surface area contributed by atoms with E-state index in [-0.39, 0.29) is 11.4 Å². The summed E-state index contributed by atoms with van der Waals surface area (Å²) in [6, 6.07) is 5.34. The summed E-state index contributed by atoms with van der Waals surface area (Å²) in [5.41, 5.74) is 5.00. The number of hydrogen-bond acceptors (Lipinski definition) is 6. The van der Waals surface area contributed by atoms with Gasteiger partial charge >= 0.3 is 6.03 Å². The molecule has 9 nitrogen and oxygen atoms in total. The van der Waals surface area contributed by atoms with Crippen molar-refractivity contribution in [1.29, 1.82) is 0 Å². The Morgan fingerprint density at radius 2 is 1.96 bits per heavy atom. The molecule has 3 N–H and O–H groups in total. The smallest absolute Gasteiger partial charge is 0.318 e. The first-order valence-corrected chi connectivity index (χ1v) is 10.4. The van der Waals surface area contributed by atoms with Gasteiger partial charge in [0.2, 0.25) is 15.9 Å². The molecule has 28 heavy (non-hydrogen) atoms. The molecule has 1 aliphatic rings. The van der Waals surface area contributed by atoms with E-state index in [9.17, 15) is 18.0 Å². The van der Waals surface area contributed by atoms with E-state index in [1.54, 1.807) is 37.5 Å². The quantitative estimate of drug-likeness (QED) is 0.764. The van der Waals surface area contributed by atoms with Crippen LogP contribution in [0.2, 0.25) is 0 Å². The van der Waals surface area contributed by atoms with Crippen LogP contribution < -0.4 is 11.1 Å². The van der Waals surface area contributed by atoms with Crippen molar-refractivity contribution in [1.82, 2.24) is 19.5 Å². The summed E-state index contributed by atoms with van der Waals surface area (Å²) in [6.45, 7) is 3.18. The molecule has 1 aromatic heterocycles. The molecule has 3 amide bonds. The molecule has 1 aromatic carbocycles. The lowest BCUT2D eigenvalue weighted by molar-refractivity contribution is -0.124. The van der Waals surface area contributed by atoms with Crippen LogP contribution in [-0.4, -0.2) is 66.8 Å². The molecule has 10 heteroatoms. The van der Waals surface area contributed by atoms with E-state index in [2.05, 4.69) is 10.3 Å². The third kappa shape index (κ3) is 4.13. The van der Waals surface area contributed by atoms with Crippen LogP contribution in [0.3, 0.4) is 0 Å². The molecule has 3 rings (SSSR count). The summed E-state index contributed by atoms with van der Waals surface area (Å²) < 4.78 is 28.0. The summed E-state index contributed by atoms with van der Waals surface area (Å²) in [5, 5.41) is 3.46. The number of primary amides is 1. The van der Waals surface area contributed by atoms with Crippen LogP contribution in [0.4, 0.5) is 4.79 Å². The third-order valence-electron chi connectivity index (χ3n) is 4.92. The lowest BCUT2D eigenvalue weighted by Crippen LogP contribution is -2.49. The number of benzene rings is 1. The molecule has 0 radical (unpaired) electrons. The minimum atomic E-state index is -3.70. The number of hydrogen-bond donors (Lipinski definition) is 2. The van der Waals surface area contributed by atoms with Gasteiger partial charge in [-0.15, -0.1) is 0 Å². The zero-order chi connectivity index (χ0) is 20.3. The number of nitrogens with two attached hydrogens (primary N) is 1. The van der Waals surface area contributed by atoms with E-state index in [0.29, 0.717) is 31.4 Å². The van der Waals surface area contributed by atoms with Crippen molar-refractivity contribution in [3.8, 4) is 0 Å². The number of fused-ring (bicyclic) bond motifs is 1. The number of rotatable bonds is 4. The predicted molar refractivity (Wildman–Crippen MR) is 104 cm³/mol. The number of aromatic nitrogens is 1. The summed E-state index contributed by atoms with van der Waals surface area (Å²) in [4.78, 5) is 29.1. The Kier molecular flexibility index (Phi) is 5.92. The number of urea groups is 1. The number of pyridine rings is 1. The lowest BCUT2D eigenvalue weighted by Gasteiger charge is -2.26. The monoisotopic (exact) mass is 405 g/mol. The van der Waals surface area contributed by atoms with Crippen molar-refractivity contribution >= 4 is 32.7 Å². The van der Waals surface area contributed by atoms with E-state index >= 15 is 0 Å². The van der Waals surface area contributed by atoms with E-state index in [4.69, 9.17) is 5.73 Å². The molecule has 1 atom stereocenters. The fourth-order valence-corrected chi connectivity index (χ4v) is 5.07. The molecule has 0 unspecified atom stereocenters. The molecule has 1 aliphatic heterocycles. The largest absolute Gasteiger partial charge is 0.351 e. The number of amides is 3. The molecule has 2 heterocycles. The van der Waals surface area contributed by atoms with E-state index in [1.165, 1.54) is 4.31 Å². The van der Waals surface area contributed by atoms with Crippen molar-refractivity contribution in [2.24, 2.45) is 5.73 Å². The molecule has 0 bridgehead atoms. The number of imide groups is 1. The fourth-order valence-electron chi connectivity index (χ4n) is 3.39. The minimum Gasteiger partial charge on any atom is -0.351 e. The fraction of sp³-hybridized carbons (Fsp3) is 0.389. The Bertz CT molecular complexity index is 989. The van der Waals surface area contributed by atoms with Gasteiger partial charge in [0.15, 0.2) is 0 Å². The highest BCUT2D eigenvalue weighted by Gasteiger charge is 2.31. The van der Waals surface area contributed by atoms with Crippen LogP contribution >= 0.6 is 0 Å². The third-order valence-corrected chi connectivity index (χ3v) is 6.88. The van der Waals surface area contributed by atoms with Crippen molar-refractivity contribution in [2.75, 3.05) is 26.2 Å². The number of nitrogens with one attached hydrogen (secondary N) is 1. The Labute approximate surface area is 163 Å². The van der Waals surface area contributed by atoms with Crippen LogP contribution in [0.5, 0.6) is 0 Å². The normalized spacial score (nSPS) is 17.8. The van der Waals surface area contributed by atoms with Gasteiger partial charge in [0.1, 0.15) is 0 Å². The van der Waals surface area contributed by atoms with Crippen molar-refractivity contribution in [3.63, 3.8) is 0 Å². The second kappa shape index (κ2) is 8.21. The van der Waals surface area contributed by atoms with Gasteiger partial charge in [-0.2, -0.15) is 4.31 Å². The van der Waals surface area contributed by atoms with Gasteiger partial charge in [0, 0.05) is 49.3 Å². The molecule has 0 saturated carbocycles. The van der Waals surface area contributed by atoms with Crippen LogP contribution in [-0.2, 0) is 14.8 Å². The van der Waals surface area contributed by atoms with Crippen LogP contribution in [0.25, 0.3) is 10.8 Å². The highest BCUT2D eigenvalue weighted by atomic mass is 32.2. The molecular formula is C18H23N5O4S. The van der Waals surface area contributed by atoms with Crippen molar-refractivity contribution < 1.29 is 18.0 Å². The average Bonchev–Trinajstić information content (AvgIpc) is 2.93. The highest BCUT2D eigenvalue weighted by molar-refractivity contribution is 7.89. The first-order valence-electron chi connectivity index (χ1n) is 8.98. The molecule has 0 spiro atoms. The summed E-state index contributed by atoms with van der Waals surface area (Å²) in [7, 11) is -3.70. The molecule has 1 saturated heterocycles. The summed E-state index contributed by atoms with van der Waals surface area (Å²) in [5.74, 6) is -0.495. The molecule has 0 aliphatic carbocycles. The zero-order valence-electron chi connectivity index (χ0n) is 15.5. The van der Waals surface area contributed by atoms with Gasteiger partial charge in [0.25, 0.3) is 0 Å². The van der Waals surface area contributed by atoms with Gasteiger partial charge in [-0.3, -0.25) is 20.0 Å². The molecule has 1 fully saturated rings. The van der Waals surface area contributed by atoms with Gasteiger partial charge in [0.05, 0.1) is 10.9 Å². The Morgan fingerprint density at radius 3 is 2.71 bits per heavy atom. The van der Waals surface area contributed by atoms with Crippen LogP contribution in [0.1, 0.15) is 13.3 Å². The first kappa shape index (κ1) is 20.2. The predicted octanol–water partition coefficient (Wildman–Crippen LogP) is 0.515. The molecule has 2 aromatic rings. The number of carbonyl (C=O) groups excluding carboxylic acids is 2. The van der Waals surface area contributed by atoms with E-state index in [1.807, 2.05) is 11.0 Å². The standard InChI is InChI=1S/C18H23N5O4S/c1-13(17(24)21-18(19)25)22-8-3-9-23(11-10-22)28(26,27)16-5-2-4-14-12-20-7-6-15(14)16/h2,4-7,12-13H,3,8-11H2,1H3,(H3,19,21,24,25)/t13-/m0/s1.